The van der Waals surface area contributed by atoms with Crippen molar-refractivity contribution >= 4 is 46.8 Å². The number of carbonyl (C=O) groups excluding carboxylic acids is 3. The zero-order valence-corrected chi connectivity index (χ0v) is 20.6. The molecule has 0 aromatic heterocycles. The van der Waals surface area contributed by atoms with Crippen LogP contribution in [-0.2, 0) is 9.59 Å². The molecule has 190 valence electrons. The third-order valence-electron chi connectivity index (χ3n) is 7.30. The van der Waals surface area contributed by atoms with Crippen LogP contribution in [0.25, 0.3) is 0 Å². The predicted molar refractivity (Wildman–Crippen MR) is 137 cm³/mol. The number of imide groups is 1. The highest BCUT2D eigenvalue weighted by Gasteiger charge is 2.65. The maximum Gasteiger partial charge on any atom is 0.271 e. The quantitative estimate of drug-likeness (QED) is 0.211. The number of hydrogen-bond donors (Lipinski definition) is 0. The van der Waals surface area contributed by atoms with Crippen LogP contribution in [0.2, 0.25) is 5.02 Å². The molecule has 2 saturated heterocycles. The number of rotatable bonds is 5. The first-order chi connectivity index (χ1) is 18.3. The lowest BCUT2D eigenvalue weighted by molar-refractivity contribution is -0.384. The summed E-state index contributed by atoms with van der Waals surface area (Å²) in [5.74, 6) is -3.52. The number of nitro groups is 1. The fraction of sp³-hybridized carbons (Fsp3) is 0.185. The Morgan fingerprint density at radius 1 is 1.03 bits per heavy atom. The highest BCUT2D eigenvalue weighted by Crippen LogP contribution is 2.54. The number of Topliss-reactive ketones (excluding diaryl/α,β-unsaturated/α-hetero) is 1. The monoisotopic (exact) mass is 530 g/mol. The largest absolute Gasteiger partial charge is 0.495 e. The molecule has 3 heterocycles. The normalized spacial score (nSPS) is 23.2. The number of ketones is 1. The van der Waals surface area contributed by atoms with Gasteiger partial charge in [-0.25, -0.2) is 4.90 Å². The number of non-ortho nitro benzene ring substituents is 1. The van der Waals surface area contributed by atoms with E-state index in [4.69, 9.17) is 16.3 Å². The van der Waals surface area contributed by atoms with Crippen molar-refractivity contribution in [3.63, 3.8) is 0 Å². The van der Waals surface area contributed by atoms with Crippen LogP contribution < -0.4 is 9.64 Å². The molecule has 2 fully saturated rings. The number of fused-ring (bicyclic) bond motifs is 5. The molecule has 0 N–H and O–H groups in total. The van der Waals surface area contributed by atoms with E-state index >= 15 is 0 Å². The van der Waals surface area contributed by atoms with Crippen molar-refractivity contribution in [3.05, 3.63) is 98.6 Å². The highest BCUT2D eigenvalue weighted by molar-refractivity contribution is 6.30. The molecule has 2 amide bonds. The molecule has 0 saturated carbocycles. The summed E-state index contributed by atoms with van der Waals surface area (Å²) in [5, 5.41) is 18.0. The van der Waals surface area contributed by atoms with E-state index in [1.807, 2.05) is 24.3 Å². The Hall–Kier alpha value is -4.57. The second-order valence-electron chi connectivity index (χ2n) is 9.19. The number of nitro benzene ring substituents is 1. The van der Waals surface area contributed by atoms with E-state index in [0.29, 0.717) is 10.6 Å². The molecule has 0 spiro atoms. The predicted octanol–water partition coefficient (Wildman–Crippen LogP) is 4.02. The van der Waals surface area contributed by atoms with Gasteiger partial charge < -0.3 is 4.74 Å². The first kappa shape index (κ1) is 23.8. The third-order valence-corrected chi connectivity index (χ3v) is 7.56. The van der Waals surface area contributed by atoms with Gasteiger partial charge in [-0.3, -0.25) is 29.5 Å². The number of hydrogen-bond acceptors (Lipinski definition) is 8. The summed E-state index contributed by atoms with van der Waals surface area (Å²) in [7, 11) is 1.34. The van der Waals surface area contributed by atoms with Crippen LogP contribution in [-0.4, -0.2) is 46.9 Å². The van der Waals surface area contributed by atoms with Crippen LogP contribution in [0.5, 0.6) is 5.75 Å². The number of amides is 2. The fourth-order valence-corrected chi connectivity index (χ4v) is 5.78. The third kappa shape index (κ3) is 3.41. The number of benzene rings is 3. The van der Waals surface area contributed by atoms with Crippen LogP contribution >= 0.6 is 11.6 Å². The molecule has 3 aliphatic rings. The Bertz CT molecular complexity index is 1560. The van der Waals surface area contributed by atoms with E-state index in [2.05, 4.69) is 5.10 Å². The highest BCUT2D eigenvalue weighted by atomic mass is 35.5. The summed E-state index contributed by atoms with van der Waals surface area (Å²) in [6.07, 6.45) is 1.62. The molecule has 6 rings (SSSR count). The second kappa shape index (κ2) is 8.77. The molecule has 0 bridgehead atoms. The van der Waals surface area contributed by atoms with Crippen molar-refractivity contribution in [1.29, 1.82) is 0 Å². The smallest absolute Gasteiger partial charge is 0.271 e. The van der Waals surface area contributed by atoms with Crippen LogP contribution in [0.1, 0.15) is 27.5 Å². The van der Waals surface area contributed by atoms with Gasteiger partial charge in [0.2, 0.25) is 11.8 Å². The van der Waals surface area contributed by atoms with Gasteiger partial charge in [0.05, 0.1) is 36.1 Å². The maximum atomic E-state index is 14.0. The van der Waals surface area contributed by atoms with Crippen molar-refractivity contribution < 1.29 is 24.0 Å². The van der Waals surface area contributed by atoms with E-state index < -0.39 is 40.7 Å². The van der Waals surface area contributed by atoms with E-state index in [1.165, 1.54) is 19.2 Å². The maximum absolute atomic E-state index is 14.0. The molecular formula is C27H19ClN4O6. The summed E-state index contributed by atoms with van der Waals surface area (Å²) in [6, 6.07) is 15.6. The van der Waals surface area contributed by atoms with Crippen molar-refractivity contribution in [2.75, 3.05) is 12.0 Å². The van der Waals surface area contributed by atoms with E-state index in [-0.39, 0.29) is 22.9 Å². The molecule has 10 nitrogen and oxygen atoms in total. The van der Waals surface area contributed by atoms with Crippen molar-refractivity contribution in [3.8, 4) is 5.75 Å². The molecule has 3 aromatic rings. The SMILES string of the molecule is COc1ccc([N+](=O)[O-])cc1N1C(=O)C2C(C1=O)C1c3ccccc3C=NN1C2C(=O)c1ccc(Cl)cc1. The minimum atomic E-state index is -1.08. The van der Waals surface area contributed by atoms with Gasteiger partial charge in [-0.2, -0.15) is 5.10 Å². The van der Waals surface area contributed by atoms with Gasteiger partial charge in [0, 0.05) is 22.7 Å². The van der Waals surface area contributed by atoms with Gasteiger partial charge in [-0.1, -0.05) is 35.9 Å². The van der Waals surface area contributed by atoms with Crippen molar-refractivity contribution in [1.82, 2.24) is 5.01 Å². The number of carbonyl (C=O) groups is 3. The number of hydrazone groups is 1. The Morgan fingerprint density at radius 3 is 2.45 bits per heavy atom. The second-order valence-corrected chi connectivity index (χ2v) is 9.63. The minimum absolute atomic E-state index is 0.0389. The van der Waals surface area contributed by atoms with E-state index in [1.54, 1.807) is 35.5 Å². The zero-order chi connectivity index (χ0) is 26.7. The average Bonchev–Trinajstić information content (AvgIpc) is 3.40. The standard InChI is InChI=1S/C27H19ClN4O6/c1-38-20-11-10-17(32(36)37)12-19(20)30-26(34)21-22(27(30)35)24(25(33)14-6-8-16(28)9-7-14)31-23(21)18-5-3-2-4-15(18)13-29-31/h2-13,21-24H,1H3. The van der Waals surface area contributed by atoms with Gasteiger partial charge in [-0.15, -0.1) is 0 Å². The summed E-state index contributed by atoms with van der Waals surface area (Å²) < 4.78 is 5.35. The summed E-state index contributed by atoms with van der Waals surface area (Å²) in [6.45, 7) is 0. The molecule has 3 aromatic carbocycles. The number of anilines is 1. The molecule has 4 unspecified atom stereocenters. The van der Waals surface area contributed by atoms with Crippen molar-refractivity contribution in [2.45, 2.75) is 12.1 Å². The van der Waals surface area contributed by atoms with Gasteiger partial charge >= 0.3 is 0 Å². The first-order valence-electron chi connectivity index (χ1n) is 11.7. The molecule has 3 aliphatic heterocycles. The lowest BCUT2D eigenvalue weighted by atomic mass is 9.83. The van der Waals surface area contributed by atoms with Crippen LogP contribution in [0, 0.1) is 22.0 Å². The molecule has 0 aliphatic carbocycles. The van der Waals surface area contributed by atoms with Gasteiger partial charge in [0.15, 0.2) is 5.78 Å². The van der Waals surface area contributed by atoms with E-state index in [0.717, 1.165) is 22.1 Å². The zero-order valence-electron chi connectivity index (χ0n) is 19.9. The summed E-state index contributed by atoms with van der Waals surface area (Å²) in [4.78, 5) is 53.7. The Kier molecular flexibility index (Phi) is 5.50. The Balaban J connectivity index is 1.51. The Morgan fingerprint density at radius 2 is 1.74 bits per heavy atom. The minimum Gasteiger partial charge on any atom is -0.495 e. The van der Waals surface area contributed by atoms with Crippen LogP contribution in [0.3, 0.4) is 0 Å². The number of ether oxygens (including phenoxy) is 1. The van der Waals surface area contributed by atoms with Gasteiger partial charge in [-0.05, 0) is 41.5 Å². The lowest BCUT2D eigenvalue weighted by Gasteiger charge is -2.33. The average molecular weight is 531 g/mol. The van der Waals surface area contributed by atoms with Gasteiger partial charge in [0.25, 0.3) is 5.69 Å². The number of nitrogens with zero attached hydrogens (tertiary/aromatic N) is 4. The van der Waals surface area contributed by atoms with E-state index in [9.17, 15) is 24.5 Å². The Labute approximate surface area is 221 Å². The number of methoxy groups -OCH3 is 1. The lowest BCUT2D eigenvalue weighted by Crippen LogP contribution is -2.44. The molecule has 4 atom stereocenters. The molecule has 0 radical (unpaired) electrons. The summed E-state index contributed by atoms with van der Waals surface area (Å²) >= 11 is 6.01. The first-order valence-corrected chi connectivity index (χ1v) is 12.1. The topological polar surface area (TPSA) is 122 Å². The van der Waals surface area contributed by atoms with Crippen LogP contribution in [0.4, 0.5) is 11.4 Å². The molecule has 38 heavy (non-hydrogen) atoms. The molecule has 11 heteroatoms. The number of halogens is 1. The molecular weight excluding hydrogens is 512 g/mol. The fourth-order valence-electron chi connectivity index (χ4n) is 5.66. The van der Waals surface area contributed by atoms with Gasteiger partial charge in [0.1, 0.15) is 17.5 Å². The van der Waals surface area contributed by atoms with Crippen molar-refractivity contribution in [2.24, 2.45) is 16.9 Å². The summed E-state index contributed by atoms with van der Waals surface area (Å²) in [5.41, 5.74) is 1.51. The van der Waals surface area contributed by atoms with Crippen LogP contribution in [0.15, 0.2) is 71.8 Å².